The average molecular weight is 805 g/mol. The van der Waals surface area contributed by atoms with Crippen molar-refractivity contribution in [3.8, 4) is 78.4 Å². The molecule has 0 amide bonds. The molecule has 288 valence electrons. The van der Waals surface area contributed by atoms with E-state index in [2.05, 4.69) is 218 Å². The molecule has 0 bridgehead atoms. The first kappa shape index (κ1) is 35.1. The predicted molar refractivity (Wildman–Crippen MR) is 258 cm³/mol. The quantitative estimate of drug-likeness (QED) is 0.177. The van der Waals surface area contributed by atoms with Crippen molar-refractivity contribution in [3.63, 3.8) is 0 Å². The first-order valence-electron chi connectivity index (χ1n) is 21.2. The van der Waals surface area contributed by atoms with Crippen LogP contribution in [-0.4, -0.2) is 9.97 Å². The number of aromatic nitrogens is 2. The van der Waals surface area contributed by atoms with Crippen LogP contribution < -0.4 is 0 Å². The summed E-state index contributed by atoms with van der Waals surface area (Å²) in [6.07, 6.45) is 0. The van der Waals surface area contributed by atoms with Crippen LogP contribution in [0.25, 0.3) is 98.6 Å². The maximum atomic E-state index is 5.63. The lowest BCUT2D eigenvalue weighted by molar-refractivity contribution is 0.775. The zero-order valence-corrected chi connectivity index (χ0v) is 34.4. The molecule has 2 aliphatic carbocycles. The Hall–Kier alpha value is -7.72. The zero-order valence-electron chi connectivity index (χ0n) is 33.6. The summed E-state index contributed by atoms with van der Waals surface area (Å²) in [5, 5.41) is 2.48. The van der Waals surface area contributed by atoms with Crippen LogP contribution in [0.15, 0.2) is 218 Å². The number of benzene rings is 9. The Morgan fingerprint density at radius 2 is 0.823 bits per heavy atom. The molecule has 0 radical (unpaired) electrons. The summed E-state index contributed by atoms with van der Waals surface area (Å²) >= 11 is 1.83. The molecule has 2 aliphatic rings. The van der Waals surface area contributed by atoms with Crippen molar-refractivity contribution < 1.29 is 0 Å². The molecule has 0 N–H and O–H groups in total. The maximum absolute atomic E-state index is 5.63. The lowest BCUT2D eigenvalue weighted by Gasteiger charge is -2.35. The summed E-state index contributed by atoms with van der Waals surface area (Å²) < 4.78 is 2.52. The molecule has 0 atom stereocenters. The largest absolute Gasteiger partial charge is 0.228 e. The number of thiophene rings is 1. The van der Waals surface area contributed by atoms with Crippen molar-refractivity contribution in [2.45, 2.75) is 5.41 Å². The molecule has 0 fully saturated rings. The van der Waals surface area contributed by atoms with Gasteiger partial charge in [0.15, 0.2) is 5.82 Å². The van der Waals surface area contributed by atoms with Gasteiger partial charge in [-0.3, -0.25) is 0 Å². The van der Waals surface area contributed by atoms with Crippen LogP contribution in [0, 0.1) is 0 Å². The average Bonchev–Trinajstić information content (AvgIpc) is 3.85. The van der Waals surface area contributed by atoms with Crippen molar-refractivity contribution in [1.82, 2.24) is 9.97 Å². The standard InChI is InChI=1S/C59H36N2S/c1-2-17-37(18-3-1)38-19-14-20-39(35-38)52-36-53(45-27-16-34-55-57(45)46-26-9-13-33-54(46)62-55)61-58(60-52)47-28-15-32-51-56(47)44-25-8-12-31-50(44)59(51)48-29-10-6-23-42(48)40-21-4-5-22-41(40)43-24-7-11-30-49(43)59/h1-36H. The highest BCUT2D eigenvalue weighted by molar-refractivity contribution is 7.25. The number of nitrogens with zero attached hydrogens (tertiary/aromatic N) is 2. The van der Waals surface area contributed by atoms with Gasteiger partial charge in [0.1, 0.15) is 0 Å². The molecular formula is C59H36N2S. The predicted octanol–water partition coefficient (Wildman–Crippen LogP) is 15.5. The lowest BCUT2D eigenvalue weighted by Crippen LogP contribution is -2.29. The Labute approximate surface area is 364 Å². The van der Waals surface area contributed by atoms with Gasteiger partial charge in [-0.2, -0.15) is 0 Å². The van der Waals surface area contributed by atoms with Gasteiger partial charge in [-0.1, -0.05) is 194 Å². The lowest BCUT2D eigenvalue weighted by atomic mass is 9.66. The Morgan fingerprint density at radius 3 is 1.58 bits per heavy atom. The molecule has 0 aliphatic heterocycles. The Bertz CT molecular complexity index is 3530. The van der Waals surface area contributed by atoms with Crippen molar-refractivity contribution >= 4 is 31.5 Å². The van der Waals surface area contributed by atoms with E-state index in [1.165, 1.54) is 81.4 Å². The second kappa shape index (κ2) is 13.7. The van der Waals surface area contributed by atoms with Crippen LogP contribution in [0.1, 0.15) is 22.3 Å². The fourth-order valence-corrected chi connectivity index (χ4v) is 11.7. The van der Waals surface area contributed by atoms with E-state index >= 15 is 0 Å². The Kier molecular flexibility index (Phi) is 7.72. The minimum atomic E-state index is -0.597. The monoisotopic (exact) mass is 804 g/mol. The molecule has 2 heterocycles. The number of fused-ring (bicyclic) bond motifs is 15. The Balaban J connectivity index is 1.12. The fourth-order valence-electron chi connectivity index (χ4n) is 10.6. The number of rotatable bonds is 4. The molecule has 3 heteroatoms. The summed E-state index contributed by atoms with van der Waals surface area (Å²) in [5.41, 5.74) is 19.2. The second-order valence-electron chi connectivity index (χ2n) is 16.3. The smallest absolute Gasteiger partial charge is 0.161 e. The first-order chi connectivity index (χ1) is 30.8. The molecule has 9 aromatic carbocycles. The van der Waals surface area contributed by atoms with Gasteiger partial charge in [0.2, 0.25) is 0 Å². The van der Waals surface area contributed by atoms with Gasteiger partial charge >= 0.3 is 0 Å². The van der Waals surface area contributed by atoms with Crippen molar-refractivity contribution in [2.24, 2.45) is 0 Å². The third-order valence-electron chi connectivity index (χ3n) is 13.1. The van der Waals surface area contributed by atoms with E-state index in [1.54, 1.807) is 0 Å². The third kappa shape index (κ3) is 5.03. The van der Waals surface area contributed by atoms with Crippen LogP contribution in [0.4, 0.5) is 0 Å². The molecule has 11 aromatic rings. The SMILES string of the molecule is c1ccc(-c2cccc(-c3cc(-c4cccc5sc6ccccc6c45)nc(-c4cccc5c4-c4ccccc4C54c5ccccc5-c5ccccc5-c5ccccc54)n3)c2)cc1. The van der Waals surface area contributed by atoms with Gasteiger partial charge in [-0.25, -0.2) is 9.97 Å². The number of hydrogen-bond acceptors (Lipinski definition) is 3. The summed E-state index contributed by atoms with van der Waals surface area (Å²) in [7, 11) is 0. The van der Waals surface area contributed by atoms with Crippen molar-refractivity contribution in [1.29, 1.82) is 0 Å². The van der Waals surface area contributed by atoms with Gasteiger partial charge in [-0.05, 0) is 91.0 Å². The number of hydrogen-bond donors (Lipinski definition) is 0. The highest BCUT2D eigenvalue weighted by Gasteiger charge is 2.50. The van der Waals surface area contributed by atoms with E-state index in [0.717, 1.165) is 33.6 Å². The molecular weight excluding hydrogens is 769 g/mol. The van der Waals surface area contributed by atoms with E-state index in [4.69, 9.17) is 9.97 Å². The highest BCUT2D eigenvalue weighted by atomic mass is 32.1. The molecule has 1 spiro atoms. The Morgan fingerprint density at radius 1 is 0.323 bits per heavy atom. The minimum absolute atomic E-state index is 0.597. The van der Waals surface area contributed by atoms with Gasteiger partial charge in [-0.15, -0.1) is 11.3 Å². The van der Waals surface area contributed by atoms with E-state index in [9.17, 15) is 0 Å². The fraction of sp³-hybridized carbons (Fsp3) is 0.0169. The van der Waals surface area contributed by atoms with Crippen molar-refractivity contribution in [2.75, 3.05) is 0 Å². The van der Waals surface area contributed by atoms with E-state index < -0.39 is 5.41 Å². The summed E-state index contributed by atoms with van der Waals surface area (Å²) in [6.45, 7) is 0. The van der Waals surface area contributed by atoms with E-state index in [1.807, 2.05) is 11.3 Å². The summed E-state index contributed by atoms with van der Waals surface area (Å²) in [5.74, 6) is 0.710. The molecule has 13 rings (SSSR count). The first-order valence-corrected chi connectivity index (χ1v) is 22.1. The van der Waals surface area contributed by atoms with Crippen LogP contribution in [0.2, 0.25) is 0 Å². The van der Waals surface area contributed by atoms with Crippen LogP contribution in [-0.2, 0) is 5.41 Å². The van der Waals surface area contributed by atoms with Crippen molar-refractivity contribution in [3.05, 3.63) is 241 Å². The van der Waals surface area contributed by atoms with Gasteiger partial charge in [0, 0.05) is 36.9 Å². The molecule has 0 unspecified atom stereocenters. The molecule has 2 aromatic heterocycles. The molecule has 62 heavy (non-hydrogen) atoms. The van der Waals surface area contributed by atoms with Gasteiger partial charge in [0.05, 0.1) is 16.8 Å². The van der Waals surface area contributed by atoms with E-state index in [-0.39, 0.29) is 0 Å². The van der Waals surface area contributed by atoms with Crippen LogP contribution in [0.5, 0.6) is 0 Å². The topological polar surface area (TPSA) is 25.8 Å². The highest BCUT2D eigenvalue weighted by Crippen LogP contribution is 2.62. The normalized spacial score (nSPS) is 13.0. The minimum Gasteiger partial charge on any atom is -0.228 e. The van der Waals surface area contributed by atoms with Crippen LogP contribution >= 0.6 is 11.3 Å². The van der Waals surface area contributed by atoms with Gasteiger partial charge in [0.25, 0.3) is 0 Å². The summed E-state index contributed by atoms with van der Waals surface area (Å²) in [4.78, 5) is 11.2. The van der Waals surface area contributed by atoms with Gasteiger partial charge < -0.3 is 0 Å². The third-order valence-corrected chi connectivity index (χ3v) is 14.3. The van der Waals surface area contributed by atoms with Crippen LogP contribution in [0.3, 0.4) is 0 Å². The molecule has 0 saturated carbocycles. The molecule has 0 saturated heterocycles. The molecule has 2 nitrogen and oxygen atoms in total. The zero-order chi connectivity index (χ0) is 40.8. The second-order valence-corrected chi connectivity index (χ2v) is 17.4. The summed E-state index contributed by atoms with van der Waals surface area (Å²) in [6, 6.07) is 79.8. The van der Waals surface area contributed by atoms with E-state index in [0.29, 0.717) is 5.82 Å². The maximum Gasteiger partial charge on any atom is 0.161 e.